The fraction of sp³-hybridized carbons (Fsp3) is 0.471. The minimum Gasteiger partial charge on any atom is -0.346 e. The van der Waals surface area contributed by atoms with Gasteiger partial charge < -0.3 is 9.55 Å². The molecule has 0 spiro atoms. The highest BCUT2D eigenvalue weighted by molar-refractivity contribution is 6.02. The molecule has 3 heterocycles. The second-order valence-corrected chi connectivity index (χ2v) is 5.77. The van der Waals surface area contributed by atoms with Crippen LogP contribution in [0.2, 0.25) is 0 Å². The van der Waals surface area contributed by atoms with Gasteiger partial charge in [-0.15, -0.1) is 0 Å². The van der Waals surface area contributed by atoms with E-state index in [9.17, 15) is 0 Å². The molecule has 0 aliphatic heterocycles. The summed E-state index contributed by atoms with van der Waals surface area (Å²) < 4.78 is 2.47. The molecule has 0 saturated carbocycles. The highest BCUT2D eigenvalue weighted by Gasteiger charge is 2.19. The van der Waals surface area contributed by atoms with E-state index in [-0.39, 0.29) is 0 Å². The monoisotopic (exact) mass is 269 g/mol. The average molecular weight is 269 g/mol. The zero-order chi connectivity index (χ0) is 14.1. The minimum atomic E-state index is 0.563. The Morgan fingerprint density at radius 2 is 2.15 bits per heavy atom. The molecule has 3 rings (SSSR count). The van der Waals surface area contributed by atoms with Crippen molar-refractivity contribution >= 4 is 21.9 Å². The minimum absolute atomic E-state index is 0.563. The predicted octanol–water partition coefficient (Wildman–Crippen LogP) is 4.90. The number of rotatable bonds is 5. The van der Waals surface area contributed by atoms with E-state index in [1.807, 2.05) is 12.4 Å². The Morgan fingerprint density at radius 1 is 1.30 bits per heavy atom. The molecular weight excluding hydrogens is 246 g/mol. The van der Waals surface area contributed by atoms with Crippen molar-refractivity contribution in [2.45, 2.75) is 46.1 Å². The van der Waals surface area contributed by atoms with Gasteiger partial charge in [0.15, 0.2) is 0 Å². The summed E-state index contributed by atoms with van der Waals surface area (Å²) in [5.74, 6) is 0.697. The summed E-state index contributed by atoms with van der Waals surface area (Å²) in [6.07, 6.45) is 9.88. The van der Waals surface area contributed by atoms with Gasteiger partial charge >= 0.3 is 0 Å². The van der Waals surface area contributed by atoms with Crippen LogP contribution in [0.4, 0.5) is 0 Å². The summed E-state index contributed by atoms with van der Waals surface area (Å²) in [4.78, 5) is 7.70. The number of pyridine rings is 1. The quantitative estimate of drug-likeness (QED) is 0.702. The number of fused-ring (bicyclic) bond motifs is 3. The lowest BCUT2D eigenvalue weighted by Gasteiger charge is -2.25. The fourth-order valence-electron chi connectivity index (χ4n) is 3.45. The lowest BCUT2D eigenvalue weighted by atomic mass is 9.94. The third-order valence-corrected chi connectivity index (χ3v) is 4.44. The molecule has 0 saturated heterocycles. The maximum atomic E-state index is 4.48. The normalized spacial score (nSPS) is 14.9. The number of nitrogens with zero attached hydrogens (tertiary/aromatic N) is 2. The largest absolute Gasteiger partial charge is 0.346 e. The van der Waals surface area contributed by atoms with Crippen molar-refractivity contribution in [3.8, 4) is 0 Å². The molecule has 0 unspecified atom stereocenters. The van der Waals surface area contributed by atoms with Crippen molar-refractivity contribution in [3.05, 3.63) is 30.7 Å². The van der Waals surface area contributed by atoms with E-state index < -0.39 is 0 Å². The molecule has 3 aromatic heterocycles. The lowest BCUT2D eigenvalue weighted by Crippen LogP contribution is -2.15. The van der Waals surface area contributed by atoms with Crippen LogP contribution >= 0.6 is 0 Å². The molecule has 0 aromatic carbocycles. The van der Waals surface area contributed by atoms with Crippen LogP contribution in [0, 0.1) is 5.92 Å². The third-order valence-electron chi connectivity index (χ3n) is 4.44. The molecule has 3 nitrogen and oxygen atoms in total. The van der Waals surface area contributed by atoms with E-state index >= 15 is 0 Å². The Balaban J connectivity index is 2.17. The van der Waals surface area contributed by atoms with E-state index in [0.29, 0.717) is 12.0 Å². The first-order valence-corrected chi connectivity index (χ1v) is 7.68. The second kappa shape index (κ2) is 5.31. The van der Waals surface area contributed by atoms with Gasteiger partial charge in [0.2, 0.25) is 0 Å². The van der Waals surface area contributed by atoms with Crippen LogP contribution in [-0.2, 0) is 0 Å². The van der Waals surface area contributed by atoms with E-state index in [1.165, 1.54) is 35.6 Å². The molecule has 1 N–H and O–H groups in total. The van der Waals surface area contributed by atoms with E-state index in [2.05, 4.69) is 53.6 Å². The van der Waals surface area contributed by atoms with Crippen LogP contribution in [0.15, 0.2) is 30.7 Å². The Bertz CT molecular complexity index is 707. The standard InChI is InChI=1S/C17H23N3/c1-4-6-12(3)15(5-2)20-10-8-13-11-19-17-14(16(13)20)7-9-18-17/h7-12,15H,4-6H2,1-3H3,(H,18,19)/t12-,15+/m1/s1. The fourth-order valence-corrected chi connectivity index (χ4v) is 3.45. The number of H-pyrrole nitrogens is 1. The van der Waals surface area contributed by atoms with E-state index in [0.717, 1.165) is 5.65 Å². The molecule has 106 valence electrons. The van der Waals surface area contributed by atoms with Crippen LogP contribution in [0.5, 0.6) is 0 Å². The molecule has 0 aliphatic carbocycles. The summed E-state index contributed by atoms with van der Waals surface area (Å²) in [6, 6.07) is 4.89. The van der Waals surface area contributed by atoms with Gasteiger partial charge in [-0.1, -0.05) is 27.2 Å². The highest BCUT2D eigenvalue weighted by Crippen LogP contribution is 2.32. The Labute approximate surface area is 120 Å². The van der Waals surface area contributed by atoms with Gasteiger partial charge in [0, 0.05) is 35.4 Å². The summed E-state index contributed by atoms with van der Waals surface area (Å²) in [7, 11) is 0. The van der Waals surface area contributed by atoms with Crippen LogP contribution in [0.1, 0.15) is 46.1 Å². The molecule has 0 amide bonds. The molecular formula is C17H23N3. The topological polar surface area (TPSA) is 33.6 Å². The summed E-state index contributed by atoms with van der Waals surface area (Å²) >= 11 is 0. The van der Waals surface area contributed by atoms with Crippen molar-refractivity contribution in [1.82, 2.24) is 14.5 Å². The molecule has 0 fully saturated rings. The SMILES string of the molecule is CCC[C@@H](C)[C@H](CC)n1ccc2cnc3[nH]ccc3c21. The first-order valence-electron chi connectivity index (χ1n) is 7.68. The number of nitrogens with one attached hydrogen (secondary N) is 1. The van der Waals surface area contributed by atoms with Gasteiger partial charge in [0.25, 0.3) is 0 Å². The lowest BCUT2D eigenvalue weighted by molar-refractivity contribution is 0.330. The maximum absolute atomic E-state index is 4.48. The highest BCUT2D eigenvalue weighted by atomic mass is 15.0. The van der Waals surface area contributed by atoms with Crippen LogP contribution in [0.3, 0.4) is 0 Å². The number of aromatic nitrogens is 3. The van der Waals surface area contributed by atoms with Crippen molar-refractivity contribution in [2.75, 3.05) is 0 Å². The number of aromatic amines is 1. The van der Waals surface area contributed by atoms with Gasteiger partial charge in [-0.05, 0) is 30.9 Å². The van der Waals surface area contributed by atoms with Crippen molar-refractivity contribution < 1.29 is 0 Å². The first kappa shape index (κ1) is 13.2. The molecule has 0 aliphatic rings. The average Bonchev–Trinajstić information content (AvgIpc) is 3.05. The van der Waals surface area contributed by atoms with Crippen molar-refractivity contribution in [2.24, 2.45) is 5.92 Å². The Kier molecular flexibility index (Phi) is 3.51. The van der Waals surface area contributed by atoms with Crippen LogP contribution in [-0.4, -0.2) is 14.5 Å². The molecule has 3 heteroatoms. The van der Waals surface area contributed by atoms with Gasteiger partial charge in [-0.3, -0.25) is 0 Å². The third kappa shape index (κ3) is 2.01. The summed E-state index contributed by atoms with van der Waals surface area (Å²) in [5, 5.41) is 2.47. The molecule has 3 aromatic rings. The number of hydrogen-bond acceptors (Lipinski definition) is 1. The van der Waals surface area contributed by atoms with Gasteiger partial charge in [-0.2, -0.15) is 0 Å². The summed E-state index contributed by atoms with van der Waals surface area (Å²) in [5.41, 5.74) is 2.31. The van der Waals surface area contributed by atoms with Gasteiger partial charge in [-0.25, -0.2) is 4.98 Å². The molecule has 20 heavy (non-hydrogen) atoms. The molecule has 0 bridgehead atoms. The zero-order valence-corrected chi connectivity index (χ0v) is 12.6. The molecule has 0 radical (unpaired) electrons. The Hall–Kier alpha value is -1.77. The van der Waals surface area contributed by atoms with Crippen LogP contribution < -0.4 is 0 Å². The first-order chi connectivity index (χ1) is 9.76. The summed E-state index contributed by atoms with van der Waals surface area (Å²) in [6.45, 7) is 6.93. The maximum Gasteiger partial charge on any atom is 0.139 e. The van der Waals surface area contributed by atoms with Crippen LogP contribution in [0.25, 0.3) is 21.9 Å². The van der Waals surface area contributed by atoms with Gasteiger partial charge in [0.1, 0.15) is 5.65 Å². The van der Waals surface area contributed by atoms with E-state index in [4.69, 9.17) is 0 Å². The predicted molar refractivity (Wildman–Crippen MR) is 85.0 cm³/mol. The second-order valence-electron chi connectivity index (χ2n) is 5.77. The number of hydrogen-bond donors (Lipinski definition) is 1. The smallest absolute Gasteiger partial charge is 0.139 e. The van der Waals surface area contributed by atoms with Crippen molar-refractivity contribution in [1.29, 1.82) is 0 Å². The van der Waals surface area contributed by atoms with Gasteiger partial charge in [0.05, 0.1) is 5.52 Å². The molecule has 2 atom stereocenters. The van der Waals surface area contributed by atoms with Crippen molar-refractivity contribution in [3.63, 3.8) is 0 Å². The van der Waals surface area contributed by atoms with E-state index in [1.54, 1.807) is 0 Å². The Morgan fingerprint density at radius 3 is 2.90 bits per heavy atom. The zero-order valence-electron chi connectivity index (χ0n) is 12.6.